The summed E-state index contributed by atoms with van der Waals surface area (Å²) in [4.78, 5) is 16.7. The summed E-state index contributed by atoms with van der Waals surface area (Å²) in [5, 5.41) is 3.34. The SMILES string of the molecule is CC(Cc1ccc[nH]c1=O)N1CCNCC1. The molecule has 0 amide bonds. The topological polar surface area (TPSA) is 48.1 Å². The van der Waals surface area contributed by atoms with Gasteiger partial charge in [-0.05, 0) is 19.4 Å². The maximum Gasteiger partial charge on any atom is 0.251 e. The average molecular weight is 221 g/mol. The van der Waals surface area contributed by atoms with Crippen LogP contribution in [0.5, 0.6) is 0 Å². The van der Waals surface area contributed by atoms with Crippen LogP contribution in [0.15, 0.2) is 23.1 Å². The number of aromatic amines is 1. The molecule has 88 valence electrons. The van der Waals surface area contributed by atoms with Crippen LogP contribution in [0.2, 0.25) is 0 Å². The largest absolute Gasteiger partial charge is 0.329 e. The summed E-state index contributed by atoms with van der Waals surface area (Å²) in [7, 11) is 0. The first kappa shape index (κ1) is 11.4. The third kappa shape index (κ3) is 2.71. The maximum atomic E-state index is 11.6. The highest BCUT2D eigenvalue weighted by atomic mass is 16.1. The van der Waals surface area contributed by atoms with Crippen LogP contribution in [0.4, 0.5) is 0 Å². The Morgan fingerprint density at radius 1 is 1.44 bits per heavy atom. The highest BCUT2D eigenvalue weighted by molar-refractivity contribution is 5.10. The molecule has 1 unspecified atom stereocenters. The van der Waals surface area contributed by atoms with Gasteiger partial charge in [0.25, 0.3) is 5.56 Å². The van der Waals surface area contributed by atoms with Crippen molar-refractivity contribution in [3.8, 4) is 0 Å². The third-order valence-electron chi connectivity index (χ3n) is 3.19. The van der Waals surface area contributed by atoms with Gasteiger partial charge in [0.15, 0.2) is 0 Å². The van der Waals surface area contributed by atoms with Crippen LogP contribution >= 0.6 is 0 Å². The molecule has 2 rings (SSSR count). The van der Waals surface area contributed by atoms with E-state index in [-0.39, 0.29) is 5.56 Å². The molecule has 0 spiro atoms. The molecule has 1 atom stereocenters. The second kappa shape index (κ2) is 5.27. The van der Waals surface area contributed by atoms with Crippen LogP contribution < -0.4 is 10.9 Å². The first-order valence-electron chi connectivity index (χ1n) is 5.89. The number of piperazine rings is 1. The molecule has 4 nitrogen and oxygen atoms in total. The van der Waals surface area contributed by atoms with E-state index in [2.05, 4.69) is 22.1 Å². The zero-order chi connectivity index (χ0) is 11.4. The van der Waals surface area contributed by atoms with Gasteiger partial charge in [-0.3, -0.25) is 9.69 Å². The summed E-state index contributed by atoms with van der Waals surface area (Å²) in [6, 6.07) is 4.24. The molecular weight excluding hydrogens is 202 g/mol. The molecule has 4 heteroatoms. The van der Waals surface area contributed by atoms with Gasteiger partial charge in [-0.1, -0.05) is 6.07 Å². The highest BCUT2D eigenvalue weighted by Gasteiger charge is 2.17. The van der Waals surface area contributed by atoms with Gasteiger partial charge >= 0.3 is 0 Å². The number of H-pyrrole nitrogens is 1. The van der Waals surface area contributed by atoms with E-state index in [1.54, 1.807) is 6.20 Å². The fraction of sp³-hybridized carbons (Fsp3) is 0.583. The molecule has 1 aromatic rings. The summed E-state index contributed by atoms with van der Waals surface area (Å²) in [6.45, 7) is 6.44. The van der Waals surface area contributed by atoms with Crippen molar-refractivity contribution in [1.29, 1.82) is 0 Å². The molecule has 0 aliphatic carbocycles. The lowest BCUT2D eigenvalue weighted by Gasteiger charge is -2.32. The molecule has 16 heavy (non-hydrogen) atoms. The van der Waals surface area contributed by atoms with Crippen LogP contribution in [0.3, 0.4) is 0 Å². The Morgan fingerprint density at radius 3 is 2.88 bits per heavy atom. The number of hydrogen-bond acceptors (Lipinski definition) is 3. The maximum absolute atomic E-state index is 11.6. The summed E-state index contributed by atoms with van der Waals surface area (Å²) < 4.78 is 0. The molecular formula is C12H19N3O. The lowest BCUT2D eigenvalue weighted by Crippen LogP contribution is -2.48. The second-order valence-corrected chi connectivity index (χ2v) is 4.36. The zero-order valence-corrected chi connectivity index (χ0v) is 9.70. The molecule has 1 fully saturated rings. The minimum Gasteiger partial charge on any atom is -0.329 e. The van der Waals surface area contributed by atoms with Crippen LogP contribution in [0.1, 0.15) is 12.5 Å². The minimum absolute atomic E-state index is 0.0458. The Kier molecular flexibility index (Phi) is 3.74. The van der Waals surface area contributed by atoms with Gasteiger partial charge in [0.2, 0.25) is 0 Å². The summed E-state index contributed by atoms with van der Waals surface area (Å²) in [5.74, 6) is 0. The van der Waals surface area contributed by atoms with Crippen molar-refractivity contribution in [3.63, 3.8) is 0 Å². The number of nitrogens with zero attached hydrogens (tertiary/aromatic N) is 1. The average Bonchev–Trinajstić information content (AvgIpc) is 2.33. The van der Waals surface area contributed by atoms with Crippen molar-refractivity contribution < 1.29 is 0 Å². The van der Waals surface area contributed by atoms with E-state index in [0.29, 0.717) is 6.04 Å². The van der Waals surface area contributed by atoms with Crippen molar-refractivity contribution in [2.75, 3.05) is 26.2 Å². The predicted octanol–water partition coefficient (Wildman–Crippen LogP) is 0.211. The molecule has 1 aromatic heterocycles. The predicted molar refractivity (Wildman–Crippen MR) is 64.7 cm³/mol. The van der Waals surface area contributed by atoms with E-state index in [4.69, 9.17) is 0 Å². The number of nitrogens with one attached hydrogen (secondary N) is 2. The molecule has 0 aromatic carbocycles. The van der Waals surface area contributed by atoms with E-state index in [0.717, 1.165) is 38.2 Å². The van der Waals surface area contributed by atoms with Gasteiger partial charge < -0.3 is 10.3 Å². The summed E-state index contributed by atoms with van der Waals surface area (Å²) >= 11 is 0. The lowest BCUT2D eigenvalue weighted by molar-refractivity contribution is 0.183. The third-order valence-corrected chi connectivity index (χ3v) is 3.19. The normalized spacial score (nSPS) is 19.6. The second-order valence-electron chi connectivity index (χ2n) is 4.36. The Morgan fingerprint density at radius 2 is 2.19 bits per heavy atom. The van der Waals surface area contributed by atoms with Gasteiger partial charge in [0.05, 0.1) is 0 Å². The van der Waals surface area contributed by atoms with E-state index < -0.39 is 0 Å². The van der Waals surface area contributed by atoms with Crippen LogP contribution in [0.25, 0.3) is 0 Å². The standard InChI is InChI=1S/C12H19N3O/c1-10(15-7-5-13-6-8-15)9-11-3-2-4-14-12(11)16/h2-4,10,13H,5-9H2,1H3,(H,14,16). The quantitative estimate of drug-likeness (QED) is 0.767. The lowest BCUT2D eigenvalue weighted by atomic mass is 10.1. The van der Waals surface area contributed by atoms with Crippen molar-refractivity contribution in [3.05, 3.63) is 34.2 Å². The Labute approximate surface area is 95.7 Å². The Bertz CT molecular complexity index is 382. The summed E-state index contributed by atoms with van der Waals surface area (Å²) in [5.41, 5.74) is 0.929. The monoisotopic (exact) mass is 221 g/mol. The fourth-order valence-corrected chi connectivity index (χ4v) is 2.19. The number of pyridine rings is 1. The number of aromatic nitrogens is 1. The van der Waals surface area contributed by atoms with E-state index >= 15 is 0 Å². The Balaban J connectivity index is 1.98. The van der Waals surface area contributed by atoms with Crippen LogP contribution in [-0.4, -0.2) is 42.1 Å². The van der Waals surface area contributed by atoms with Crippen LogP contribution in [0, 0.1) is 0 Å². The van der Waals surface area contributed by atoms with Crippen LogP contribution in [-0.2, 0) is 6.42 Å². The molecule has 1 aliphatic heterocycles. The first-order chi connectivity index (χ1) is 7.77. The van der Waals surface area contributed by atoms with Gasteiger partial charge in [-0.2, -0.15) is 0 Å². The smallest absolute Gasteiger partial charge is 0.251 e. The molecule has 1 saturated heterocycles. The zero-order valence-electron chi connectivity index (χ0n) is 9.70. The molecule has 0 saturated carbocycles. The van der Waals surface area contributed by atoms with Gasteiger partial charge in [-0.15, -0.1) is 0 Å². The minimum atomic E-state index is 0.0458. The summed E-state index contributed by atoms with van der Waals surface area (Å²) in [6.07, 6.45) is 2.51. The highest BCUT2D eigenvalue weighted by Crippen LogP contribution is 2.06. The Hall–Kier alpha value is -1.13. The molecule has 0 radical (unpaired) electrons. The van der Waals surface area contributed by atoms with Crippen molar-refractivity contribution >= 4 is 0 Å². The number of hydrogen-bond donors (Lipinski definition) is 2. The molecule has 0 bridgehead atoms. The molecule has 2 N–H and O–H groups in total. The molecule has 2 heterocycles. The van der Waals surface area contributed by atoms with Gasteiger partial charge in [0.1, 0.15) is 0 Å². The van der Waals surface area contributed by atoms with Gasteiger partial charge in [0, 0.05) is 44.0 Å². The first-order valence-corrected chi connectivity index (χ1v) is 5.89. The van der Waals surface area contributed by atoms with Gasteiger partial charge in [-0.25, -0.2) is 0 Å². The number of rotatable bonds is 3. The van der Waals surface area contributed by atoms with E-state index in [1.165, 1.54) is 0 Å². The van der Waals surface area contributed by atoms with Crippen molar-refractivity contribution in [2.45, 2.75) is 19.4 Å². The van der Waals surface area contributed by atoms with E-state index in [1.807, 2.05) is 12.1 Å². The fourth-order valence-electron chi connectivity index (χ4n) is 2.19. The van der Waals surface area contributed by atoms with Crippen molar-refractivity contribution in [2.24, 2.45) is 0 Å². The van der Waals surface area contributed by atoms with Crippen molar-refractivity contribution in [1.82, 2.24) is 15.2 Å². The molecule has 1 aliphatic rings. The van der Waals surface area contributed by atoms with E-state index in [9.17, 15) is 4.79 Å².